The van der Waals surface area contributed by atoms with E-state index in [2.05, 4.69) is 23.2 Å². The highest BCUT2D eigenvalue weighted by Crippen LogP contribution is 2.27. The van der Waals surface area contributed by atoms with Crippen LogP contribution in [0, 0.1) is 12.8 Å². The van der Waals surface area contributed by atoms with Crippen molar-refractivity contribution in [3.8, 4) is 0 Å². The maximum absolute atomic E-state index is 12.0. The fourth-order valence-electron chi connectivity index (χ4n) is 3.10. The Hall–Kier alpha value is -1.70. The molecule has 0 radical (unpaired) electrons. The molecule has 0 saturated heterocycles. The van der Waals surface area contributed by atoms with Crippen molar-refractivity contribution in [1.82, 2.24) is 4.98 Å². The van der Waals surface area contributed by atoms with Gasteiger partial charge in [0.2, 0.25) is 0 Å². The van der Waals surface area contributed by atoms with Crippen molar-refractivity contribution in [2.45, 2.75) is 39.0 Å². The number of carbonyl (C=O) groups excluding carboxylic acids is 1. The first-order chi connectivity index (χ1) is 9.24. The van der Waals surface area contributed by atoms with Crippen LogP contribution in [0.15, 0.2) is 30.3 Å². The zero-order valence-corrected chi connectivity index (χ0v) is 11.4. The third-order valence-electron chi connectivity index (χ3n) is 4.08. The Balaban J connectivity index is 1.97. The number of aryl methyl sites for hydroxylation is 1. The average Bonchev–Trinajstić information content (AvgIpc) is 2.41. The van der Waals surface area contributed by atoms with Crippen molar-refractivity contribution in [2.24, 2.45) is 5.92 Å². The predicted molar refractivity (Wildman–Crippen MR) is 77.1 cm³/mol. The van der Waals surface area contributed by atoms with Crippen LogP contribution in [0.3, 0.4) is 0 Å². The van der Waals surface area contributed by atoms with E-state index in [0.29, 0.717) is 5.78 Å². The maximum atomic E-state index is 12.0. The number of carbonyl (C=O) groups is 1. The second-order valence-corrected chi connectivity index (χ2v) is 5.55. The summed E-state index contributed by atoms with van der Waals surface area (Å²) in [6.07, 6.45) is 4.97. The molecule has 1 aromatic heterocycles. The van der Waals surface area contributed by atoms with Gasteiger partial charge in [0, 0.05) is 23.4 Å². The van der Waals surface area contributed by atoms with Crippen LogP contribution in [0.25, 0.3) is 10.9 Å². The first-order valence-corrected chi connectivity index (χ1v) is 7.12. The third kappa shape index (κ3) is 2.53. The molecular formula is C17H19NO. The SMILES string of the molecule is Cc1cc(CC2CCCCC2=O)c2ccccc2n1. The second-order valence-electron chi connectivity index (χ2n) is 5.55. The van der Waals surface area contributed by atoms with Crippen LogP contribution in [0.5, 0.6) is 0 Å². The van der Waals surface area contributed by atoms with Gasteiger partial charge in [0.05, 0.1) is 5.52 Å². The van der Waals surface area contributed by atoms with Crippen LogP contribution in [0.2, 0.25) is 0 Å². The minimum atomic E-state index is 0.221. The highest BCUT2D eigenvalue weighted by atomic mass is 16.1. The van der Waals surface area contributed by atoms with Crippen molar-refractivity contribution in [1.29, 1.82) is 0 Å². The number of nitrogens with zero attached hydrogens (tertiary/aromatic N) is 1. The summed E-state index contributed by atoms with van der Waals surface area (Å²) < 4.78 is 0. The number of hydrogen-bond acceptors (Lipinski definition) is 2. The van der Waals surface area contributed by atoms with E-state index in [9.17, 15) is 4.79 Å². The van der Waals surface area contributed by atoms with Crippen molar-refractivity contribution in [3.63, 3.8) is 0 Å². The summed E-state index contributed by atoms with van der Waals surface area (Å²) in [7, 11) is 0. The number of rotatable bonds is 2. The molecule has 1 atom stereocenters. The molecule has 1 aromatic carbocycles. The molecule has 1 aliphatic carbocycles. The third-order valence-corrected chi connectivity index (χ3v) is 4.08. The van der Waals surface area contributed by atoms with Gasteiger partial charge in [0.25, 0.3) is 0 Å². The van der Waals surface area contributed by atoms with Gasteiger partial charge in [0.1, 0.15) is 5.78 Å². The van der Waals surface area contributed by atoms with Gasteiger partial charge in [-0.1, -0.05) is 24.6 Å². The predicted octanol–water partition coefficient (Wildman–Crippen LogP) is 3.85. The maximum Gasteiger partial charge on any atom is 0.136 e. The van der Waals surface area contributed by atoms with Crippen LogP contribution < -0.4 is 0 Å². The summed E-state index contributed by atoms with van der Waals surface area (Å²) in [6, 6.07) is 10.4. The molecule has 19 heavy (non-hydrogen) atoms. The number of Topliss-reactive ketones (excluding diaryl/α,β-unsaturated/α-hetero) is 1. The number of benzene rings is 1. The summed E-state index contributed by atoms with van der Waals surface area (Å²) in [5.74, 6) is 0.670. The van der Waals surface area contributed by atoms with E-state index in [1.807, 2.05) is 19.1 Å². The highest BCUT2D eigenvalue weighted by molar-refractivity contribution is 5.85. The first kappa shape index (κ1) is 12.3. The summed E-state index contributed by atoms with van der Waals surface area (Å²) in [5, 5.41) is 1.20. The number of hydrogen-bond donors (Lipinski definition) is 0. The van der Waals surface area contributed by atoms with Gasteiger partial charge in [-0.25, -0.2) is 0 Å². The Morgan fingerprint density at radius 1 is 1.26 bits per heavy atom. The summed E-state index contributed by atoms with van der Waals surface area (Å²) in [5.41, 5.74) is 3.36. The minimum absolute atomic E-state index is 0.221. The largest absolute Gasteiger partial charge is 0.299 e. The van der Waals surface area contributed by atoms with E-state index in [4.69, 9.17) is 0 Å². The molecule has 0 aliphatic heterocycles. The summed E-state index contributed by atoms with van der Waals surface area (Å²) in [6.45, 7) is 2.03. The lowest BCUT2D eigenvalue weighted by atomic mass is 9.83. The van der Waals surface area contributed by atoms with Gasteiger partial charge in [0.15, 0.2) is 0 Å². The molecule has 2 nitrogen and oxygen atoms in total. The van der Waals surface area contributed by atoms with Gasteiger partial charge >= 0.3 is 0 Å². The number of fused-ring (bicyclic) bond motifs is 1. The van der Waals surface area contributed by atoms with E-state index < -0.39 is 0 Å². The van der Waals surface area contributed by atoms with Crippen LogP contribution in [-0.2, 0) is 11.2 Å². The smallest absolute Gasteiger partial charge is 0.136 e. The Bertz CT molecular complexity index is 618. The lowest BCUT2D eigenvalue weighted by Gasteiger charge is -2.21. The summed E-state index contributed by atoms with van der Waals surface area (Å²) in [4.78, 5) is 16.6. The van der Waals surface area contributed by atoms with Crippen molar-refractivity contribution in [3.05, 3.63) is 41.6 Å². The standard InChI is InChI=1S/C17H19NO/c1-12-10-14(11-13-6-2-5-9-17(13)19)15-7-3-4-8-16(15)18-12/h3-4,7-8,10,13H,2,5-6,9,11H2,1H3. The van der Waals surface area contributed by atoms with Crippen molar-refractivity contribution < 1.29 is 4.79 Å². The molecule has 2 heteroatoms. The molecule has 1 aliphatic rings. The zero-order chi connectivity index (χ0) is 13.2. The summed E-state index contributed by atoms with van der Waals surface area (Å²) >= 11 is 0. The fraction of sp³-hybridized carbons (Fsp3) is 0.412. The fourth-order valence-corrected chi connectivity index (χ4v) is 3.10. The topological polar surface area (TPSA) is 30.0 Å². The molecule has 2 aromatic rings. The molecule has 0 bridgehead atoms. The Labute approximate surface area is 113 Å². The van der Waals surface area contributed by atoms with Crippen LogP contribution in [0.4, 0.5) is 0 Å². The molecule has 1 fully saturated rings. The second kappa shape index (κ2) is 5.12. The lowest BCUT2D eigenvalue weighted by Crippen LogP contribution is -2.21. The monoisotopic (exact) mass is 253 g/mol. The molecule has 3 rings (SSSR count). The molecule has 1 saturated carbocycles. The molecule has 98 valence electrons. The molecule has 0 spiro atoms. The normalized spacial score (nSPS) is 19.8. The molecule has 1 unspecified atom stereocenters. The Morgan fingerprint density at radius 3 is 2.95 bits per heavy atom. The van der Waals surface area contributed by atoms with Gasteiger partial charge < -0.3 is 0 Å². The average molecular weight is 253 g/mol. The Kier molecular flexibility index (Phi) is 3.33. The molecule has 0 amide bonds. The quantitative estimate of drug-likeness (QED) is 0.813. The molecule has 1 heterocycles. The Morgan fingerprint density at radius 2 is 2.11 bits per heavy atom. The van der Waals surface area contributed by atoms with Gasteiger partial charge in [-0.15, -0.1) is 0 Å². The van der Waals surface area contributed by atoms with E-state index in [-0.39, 0.29) is 5.92 Å². The van der Waals surface area contributed by atoms with Crippen LogP contribution in [-0.4, -0.2) is 10.8 Å². The van der Waals surface area contributed by atoms with Crippen LogP contribution in [0.1, 0.15) is 36.9 Å². The molecule has 0 N–H and O–H groups in total. The van der Waals surface area contributed by atoms with Crippen LogP contribution >= 0.6 is 0 Å². The zero-order valence-electron chi connectivity index (χ0n) is 11.4. The number of pyridine rings is 1. The van der Waals surface area contributed by atoms with E-state index in [1.54, 1.807) is 0 Å². The lowest BCUT2D eigenvalue weighted by molar-refractivity contribution is -0.124. The first-order valence-electron chi connectivity index (χ1n) is 7.12. The highest BCUT2D eigenvalue weighted by Gasteiger charge is 2.23. The van der Waals surface area contributed by atoms with E-state index in [0.717, 1.165) is 36.9 Å². The van der Waals surface area contributed by atoms with E-state index >= 15 is 0 Å². The van der Waals surface area contributed by atoms with Crippen molar-refractivity contribution >= 4 is 16.7 Å². The van der Waals surface area contributed by atoms with Gasteiger partial charge in [-0.05, 0) is 43.9 Å². The van der Waals surface area contributed by atoms with Crippen molar-refractivity contribution in [2.75, 3.05) is 0 Å². The van der Waals surface area contributed by atoms with Gasteiger partial charge in [-0.2, -0.15) is 0 Å². The number of para-hydroxylation sites is 1. The van der Waals surface area contributed by atoms with Gasteiger partial charge in [-0.3, -0.25) is 9.78 Å². The number of ketones is 1. The van der Waals surface area contributed by atoms with E-state index in [1.165, 1.54) is 17.4 Å². The minimum Gasteiger partial charge on any atom is -0.299 e. The number of aromatic nitrogens is 1. The molecular weight excluding hydrogens is 234 g/mol.